The molecule has 4 rings (SSSR count). The van der Waals surface area contributed by atoms with Gasteiger partial charge in [0, 0.05) is 17.2 Å². The Balaban J connectivity index is 1.89. The molecule has 0 aliphatic carbocycles. The number of rotatable bonds is 2. The lowest BCUT2D eigenvalue weighted by Gasteiger charge is -2.02. The maximum absolute atomic E-state index is 12.1. The zero-order valence-electron chi connectivity index (χ0n) is 11.1. The minimum Gasteiger partial charge on any atom is -0.363 e. The van der Waals surface area contributed by atoms with Crippen molar-refractivity contribution in [1.82, 2.24) is 19.6 Å². The number of H-pyrrole nitrogens is 1. The van der Waals surface area contributed by atoms with Crippen LogP contribution in [0.5, 0.6) is 0 Å². The summed E-state index contributed by atoms with van der Waals surface area (Å²) in [5, 5.41) is 10.5. The third-order valence-corrected chi connectivity index (χ3v) is 3.36. The Hall–Kier alpha value is -3.36. The summed E-state index contributed by atoms with van der Waals surface area (Å²) in [6.07, 6.45) is 0. The third-order valence-electron chi connectivity index (χ3n) is 3.36. The molecule has 3 aromatic rings. The molecule has 9 heteroatoms. The molecule has 0 saturated carbocycles. The summed E-state index contributed by atoms with van der Waals surface area (Å²) in [5.41, 5.74) is 7.77. The first-order valence-corrected chi connectivity index (χ1v) is 6.42. The van der Waals surface area contributed by atoms with E-state index in [2.05, 4.69) is 25.3 Å². The number of nitrogens with one attached hydrogen (secondary N) is 1. The molecule has 0 atom stereocenters. The van der Waals surface area contributed by atoms with E-state index in [0.717, 1.165) is 21.3 Å². The summed E-state index contributed by atoms with van der Waals surface area (Å²) in [4.78, 5) is 31.4. The van der Waals surface area contributed by atoms with Crippen LogP contribution in [0.1, 0.15) is 16.2 Å². The number of primary amides is 1. The second-order valence-corrected chi connectivity index (χ2v) is 4.79. The van der Waals surface area contributed by atoms with Crippen LogP contribution >= 0.6 is 0 Å². The number of aromatic nitrogens is 4. The van der Waals surface area contributed by atoms with Gasteiger partial charge in [0.05, 0.1) is 17.9 Å². The third kappa shape index (κ3) is 1.79. The van der Waals surface area contributed by atoms with Crippen molar-refractivity contribution in [2.45, 2.75) is 6.54 Å². The van der Waals surface area contributed by atoms with E-state index in [-0.39, 0.29) is 17.2 Å². The summed E-state index contributed by atoms with van der Waals surface area (Å²) in [7, 11) is 0. The number of nitrogens with two attached hydrogens (primary N) is 1. The van der Waals surface area contributed by atoms with Crippen molar-refractivity contribution in [3.63, 3.8) is 0 Å². The largest absolute Gasteiger partial charge is 0.363 e. The standard InChI is InChI=1S/C13H9N7O2/c14-11(22)12-17-13-16-9(4-10(21)20(13)19-12)6-1-2-8-7(3-6)5-15-18-8/h1-4H,5H2,(H2,14,22)(H,16,17,19). The molecule has 0 spiro atoms. The van der Waals surface area contributed by atoms with Gasteiger partial charge in [-0.05, 0) is 12.1 Å². The minimum absolute atomic E-state index is 0.0890. The number of hydrogen-bond acceptors (Lipinski definition) is 6. The first kappa shape index (κ1) is 12.4. The average molecular weight is 295 g/mol. The van der Waals surface area contributed by atoms with Crippen molar-refractivity contribution >= 4 is 17.4 Å². The average Bonchev–Trinajstić information content (AvgIpc) is 3.12. The second kappa shape index (κ2) is 4.32. The molecule has 22 heavy (non-hydrogen) atoms. The van der Waals surface area contributed by atoms with Crippen LogP contribution in [0.2, 0.25) is 0 Å². The lowest BCUT2D eigenvalue weighted by molar-refractivity contribution is 0.0990. The molecule has 0 bridgehead atoms. The Morgan fingerprint density at radius 2 is 2.14 bits per heavy atom. The Morgan fingerprint density at radius 1 is 1.27 bits per heavy atom. The van der Waals surface area contributed by atoms with Gasteiger partial charge in [-0.25, -0.2) is 4.98 Å². The summed E-state index contributed by atoms with van der Waals surface area (Å²) >= 11 is 0. The molecule has 0 fully saturated rings. The maximum Gasteiger partial charge on any atom is 0.286 e. The van der Waals surface area contributed by atoms with Crippen LogP contribution in [0.25, 0.3) is 17.0 Å². The van der Waals surface area contributed by atoms with Crippen LogP contribution in [0.3, 0.4) is 0 Å². The predicted octanol–water partition coefficient (Wildman–Crippen LogP) is 0.781. The van der Waals surface area contributed by atoms with Gasteiger partial charge in [0.25, 0.3) is 17.2 Å². The van der Waals surface area contributed by atoms with E-state index >= 15 is 0 Å². The number of carbonyl (C=O) groups is 1. The van der Waals surface area contributed by atoms with Gasteiger partial charge in [-0.1, -0.05) is 6.07 Å². The van der Waals surface area contributed by atoms with Crippen molar-refractivity contribution < 1.29 is 4.79 Å². The summed E-state index contributed by atoms with van der Waals surface area (Å²) < 4.78 is 1.07. The minimum atomic E-state index is -0.757. The van der Waals surface area contributed by atoms with Gasteiger partial charge in [-0.15, -0.1) is 0 Å². The zero-order valence-corrected chi connectivity index (χ0v) is 11.1. The highest BCUT2D eigenvalue weighted by Gasteiger charge is 2.14. The van der Waals surface area contributed by atoms with Crippen LogP contribution in [0.4, 0.5) is 5.69 Å². The second-order valence-electron chi connectivity index (χ2n) is 4.79. The molecular weight excluding hydrogens is 286 g/mol. The Kier molecular flexibility index (Phi) is 2.43. The number of amides is 1. The Labute approximate surface area is 122 Å². The number of azo groups is 1. The summed E-state index contributed by atoms with van der Waals surface area (Å²) in [6.45, 7) is 0.513. The molecule has 2 aromatic heterocycles. The molecule has 1 aliphatic rings. The fourth-order valence-electron chi connectivity index (χ4n) is 2.30. The monoisotopic (exact) mass is 295 g/mol. The summed E-state index contributed by atoms with van der Waals surface area (Å²) in [5.74, 6) is -0.785. The normalized spacial score (nSPS) is 12.7. The smallest absolute Gasteiger partial charge is 0.286 e. The highest BCUT2D eigenvalue weighted by molar-refractivity contribution is 5.89. The van der Waals surface area contributed by atoms with E-state index in [4.69, 9.17) is 5.73 Å². The molecule has 1 aromatic carbocycles. The fraction of sp³-hybridized carbons (Fsp3) is 0.0769. The van der Waals surface area contributed by atoms with Crippen molar-refractivity contribution in [1.29, 1.82) is 0 Å². The first-order chi connectivity index (χ1) is 10.6. The van der Waals surface area contributed by atoms with E-state index in [1.807, 2.05) is 18.2 Å². The van der Waals surface area contributed by atoms with Gasteiger partial charge >= 0.3 is 0 Å². The van der Waals surface area contributed by atoms with Crippen LogP contribution in [-0.4, -0.2) is 25.5 Å². The number of aromatic amines is 1. The van der Waals surface area contributed by atoms with E-state index in [1.165, 1.54) is 6.07 Å². The molecule has 0 saturated heterocycles. The van der Waals surface area contributed by atoms with Crippen LogP contribution < -0.4 is 11.3 Å². The SMILES string of the molecule is NC(=O)c1nc2nc(-c3ccc4c(c3)CN=N4)cc(=O)n2[nH]1. The fourth-order valence-corrected chi connectivity index (χ4v) is 2.30. The van der Waals surface area contributed by atoms with Crippen LogP contribution in [0.15, 0.2) is 39.3 Å². The molecule has 9 nitrogen and oxygen atoms in total. The number of nitrogens with zero attached hydrogens (tertiary/aromatic N) is 5. The lowest BCUT2D eigenvalue weighted by atomic mass is 10.1. The van der Waals surface area contributed by atoms with Gasteiger partial charge in [-0.3, -0.25) is 14.7 Å². The highest BCUT2D eigenvalue weighted by Crippen LogP contribution is 2.30. The Morgan fingerprint density at radius 3 is 2.95 bits per heavy atom. The molecular formula is C13H9N7O2. The molecule has 0 unspecified atom stereocenters. The van der Waals surface area contributed by atoms with Crippen molar-refractivity contribution in [3.05, 3.63) is 46.0 Å². The highest BCUT2D eigenvalue weighted by atomic mass is 16.1. The molecule has 108 valence electrons. The zero-order chi connectivity index (χ0) is 15.3. The van der Waals surface area contributed by atoms with Crippen molar-refractivity contribution in [2.75, 3.05) is 0 Å². The number of fused-ring (bicyclic) bond motifs is 2. The van der Waals surface area contributed by atoms with Gasteiger partial charge in [0.15, 0.2) is 0 Å². The van der Waals surface area contributed by atoms with E-state index < -0.39 is 5.91 Å². The molecule has 3 N–H and O–H groups in total. The van der Waals surface area contributed by atoms with Gasteiger partial charge < -0.3 is 5.73 Å². The van der Waals surface area contributed by atoms with Crippen LogP contribution in [0, 0.1) is 0 Å². The van der Waals surface area contributed by atoms with E-state index in [9.17, 15) is 9.59 Å². The van der Waals surface area contributed by atoms with Gasteiger partial charge in [0.1, 0.15) is 0 Å². The Bertz CT molecular complexity index is 1010. The van der Waals surface area contributed by atoms with Gasteiger partial charge in [0.2, 0.25) is 5.82 Å². The maximum atomic E-state index is 12.1. The number of benzene rings is 1. The molecule has 1 aliphatic heterocycles. The number of carbonyl (C=O) groups excluding carboxylic acids is 1. The van der Waals surface area contributed by atoms with E-state index in [1.54, 1.807) is 0 Å². The van der Waals surface area contributed by atoms with Crippen molar-refractivity contribution in [2.24, 2.45) is 16.0 Å². The predicted molar refractivity (Wildman–Crippen MR) is 75.8 cm³/mol. The van der Waals surface area contributed by atoms with Crippen molar-refractivity contribution in [3.8, 4) is 11.3 Å². The van der Waals surface area contributed by atoms with E-state index in [0.29, 0.717) is 12.2 Å². The van der Waals surface area contributed by atoms with Crippen LogP contribution in [-0.2, 0) is 6.54 Å². The number of hydrogen-bond donors (Lipinski definition) is 2. The first-order valence-electron chi connectivity index (χ1n) is 6.42. The van der Waals surface area contributed by atoms with Gasteiger partial charge in [-0.2, -0.15) is 19.7 Å². The lowest BCUT2D eigenvalue weighted by Crippen LogP contribution is -2.16. The topological polar surface area (TPSA) is 131 Å². The molecule has 1 amide bonds. The quantitative estimate of drug-likeness (QED) is 0.723. The molecule has 0 radical (unpaired) electrons. The summed E-state index contributed by atoms with van der Waals surface area (Å²) in [6, 6.07) is 6.88. The molecule has 3 heterocycles.